The lowest BCUT2D eigenvalue weighted by atomic mass is 10.1. The Kier molecular flexibility index (Phi) is 19.2. The molecular weight excluding hydrogens is 308 g/mol. The zero-order chi connectivity index (χ0) is 18.4. The van der Waals surface area contributed by atoms with Gasteiger partial charge in [0.2, 0.25) is 0 Å². The van der Waals surface area contributed by atoms with E-state index in [0.717, 1.165) is 51.4 Å². The predicted molar refractivity (Wildman–Crippen MR) is 110 cm³/mol. The maximum atomic E-state index is 10.4. The molecule has 0 aliphatic heterocycles. The van der Waals surface area contributed by atoms with Gasteiger partial charge in [-0.25, -0.2) is 0 Å². The summed E-state index contributed by atoms with van der Waals surface area (Å²) >= 11 is 0. The minimum Gasteiger partial charge on any atom is -0.481 e. The van der Waals surface area contributed by atoms with E-state index in [-0.39, 0.29) is 0 Å². The molecule has 0 bridgehead atoms. The quantitative estimate of drug-likeness (QED) is 0.220. The van der Waals surface area contributed by atoms with Crippen LogP contribution < -0.4 is 0 Å². The van der Waals surface area contributed by atoms with E-state index in [2.05, 4.69) is 55.5 Å². The first-order valence-corrected chi connectivity index (χ1v) is 10.1. The van der Waals surface area contributed by atoms with Crippen LogP contribution in [0.1, 0.15) is 90.4 Å². The molecule has 0 unspecified atom stereocenters. The molecule has 0 spiro atoms. The molecule has 0 fully saturated rings. The van der Waals surface area contributed by atoms with E-state index in [1.807, 2.05) is 0 Å². The molecule has 0 saturated carbocycles. The third kappa shape index (κ3) is 22.4. The minimum absolute atomic E-state index is 0.310. The Morgan fingerprint density at radius 3 is 1.56 bits per heavy atom. The van der Waals surface area contributed by atoms with E-state index < -0.39 is 5.97 Å². The largest absolute Gasteiger partial charge is 0.481 e. The molecule has 0 radical (unpaired) electrons. The molecule has 0 amide bonds. The third-order valence-electron chi connectivity index (χ3n) is 3.97. The fourth-order valence-corrected chi connectivity index (χ4v) is 2.45. The molecule has 142 valence electrons. The zero-order valence-electron chi connectivity index (χ0n) is 16.2. The molecule has 0 rings (SSSR count). The number of carboxylic acids is 1. The Morgan fingerprint density at radius 1 is 0.640 bits per heavy atom. The monoisotopic (exact) mass is 346 g/mol. The van der Waals surface area contributed by atoms with E-state index in [4.69, 9.17) is 5.11 Å². The second kappa shape index (κ2) is 20.5. The van der Waals surface area contributed by atoms with Gasteiger partial charge in [-0.15, -0.1) is 0 Å². The highest BCUT2D eigenvalue weighted by molar-refractivity contribution is 5.66. The number of aliphatic carboxylic acids is 1. The van der Waals surface area contributed by atoms with Crippen LogP contribution in [0.3, 0.4) is 0 Å². The van der Waals surface area contributed by atoms with Gasteiger partial charge in [-0.3, -0.25) is 4.79 Å². The highest BCUT2D eigenvalue weighted by Crippen LogP contribution is 2.06. The van der Waals surface area contributed by atoms with Gasteiger partial charge in [0, 0.05) is 6.42 Å². The number of rotatable bonds is 17. The summed E-state index contributed by atoms with van der Waals surface area (Å²) in [7, 11) is 0. The molecule has 1 N–H and O–H groups in total. The Labute approximate surface area is 155 Å². The molecule has 0 aliphatic rings. The Morgan fingerprint density at radius 2 is 1.08 bits per heavy atom. The second-order valence-electron chi connectivity index (χ2n) is 6.44. The Balaban J connectivity index is 3.36. The third-order valence-corrected chi connectivity index (χ3v) is 3.97. The Bertz CT molecular complexity index is 402. The number of allylic oxidation sites excluding steroid dienone is 8. The number of hydrogen-bond acceptors (Lipinski definition) is 1. The minimum atomic E-state index is -0.680. The topological polar surface area (TPSA) is 37.3 Å². The van der Waals surface area contributed by atoms with Crippen LogP contribution in [0.25, 0.3) is 0 Å². The summed E-state index contributed by atoms with van der Waals surface area (Å²) in [5.41, 5.74) is 0. The molecule has 0 atom stereocenters. The molecular formula is C23H38O2. The van der Waals surface area contributed by atoms with Gasteiger partial charge in [0.25, 0.3) is 0 Å². The van der Waals surface area contributed by atoms with E-state index in [0.29, 0.717) is 6.42 Å². The normalized spacial score (nSPS) is 12.4. The molecule has 0 heterocycles. The van der Waals surface area contributed by atoms with Gasteiger partial charge < -0.3 is 5.11 Å². The molecule has 0 aliphatic carbocycles. The van der Waals surface area contributed by atoms with Crippen LogP contribution in [0, 0.1) is 0 Å². The van der Waals surface area contributed by atoms with Crippen LogP contribution in [0.15, 0.2) is 48.6 Å². The van der Waals surface area contributed by atoms with Gasteiger partial charge in [0.05, 0.1) is 0 Å². The standard InChI is InChI=1S/C23H38O2/c1-2-3-4-5-6-7-8-9-10-11-12-13-14-15-16-17-18-19-20-21-22-23(24)25/h6-7,9-10,12-13,15-16H,2-5,8,11,14,17-22H2,1H3,(H,24,25). The van der Waals surface area contributed by atoms with Crippen LogP contribution >= 0.6 is 0 Å². The fraction of sp³-hybridized carbons (Fsp3) is 0.609. The van der Waals surface area contributed by atoms with Crippen LogP contribution in [-0.2, 0) is 4.79 Å². The van der Waals surface area contributed by atoms with E-state index in [1.165, 1.54) is 25.7 Å². The zero-order valence-corrected chi connectivity index (χ0v) is 16.2. The number of carbonyl (C=O) groups is 1. The summed E-state index contributed by atoms with van der Waals surface area (Å²) in [5.74, 6) is -0.680. The summed E-state index contributed by atoms with van der Waals surface area (Å²) in [6.45, 7) is 2.24. The van der Waals surface area contributed by atoms with Gasteiger partial charge in [-0.2, -0.15) is 0 Å². The van der Waals surface area contributed by atoms with Crippen molar-refractivity contribution in [3.8, 4) is 0 Å². The second-order valence-corrected chi connectivity index (χ2v) is 6.44. The molecule has 0 aromatic rings. The van der Waals surface area contributed by atoms with Crippen molar-refractivity contribution < 1.29 is 9.90 Å². The van der Waals surface area contributed by atoms with E-state index in [9.17, 15) is 4.79 Å². The van der Waals surface area contributed by atoms with Gasteiger partial charge >= 0.3 is 5.97 Å². The smallest absolute Gasteiger partial charge is 0.303 e. The lowest BCUT2D eigenvalue weighted by Gasteiger charge is -1.96. The molecule has 2 heteroatoms. The first-order chi connectivity index (χ1) is 12.3. The van der Waals surface area contributed by atoms with Crippen LogP contribution in [-0.4, -0.2) is 11.1 Å². The van der Waals surface area contributed by atoms with Crippen molar-refractivity contribution in [1.29, 1.82) is 0 Å². The maximum absolute atomic E-state index is 10.4. The van der Waals surface area contributed by atoms with Crippen molar-refractivity contribution >= 4 is 5.97 Å². The van der Waals surface area contributed by atoms with Crippen LogP contribution in [0.2, 0.25) is 0 Å². The van der Waals surface area contributed by atoms with Gasteiger partial charge in [0.15, 0.2) is 0 Å². The number of hydrogen-bond donors (Lipinski definition) is 1. The van der Waals surface area contributed by atoms with Crippen molar-refractivity contribution in [2.24, 2.45) is 0 Å². The van der Waals surface area contributed by atoms with Crippen molar-refractivity contribution in [1.82, 2.24) is 0 Å². The van der Waals surface area contributed by atoms with E-state index in [1.54, 1.807) is 0 Å². The average molecular weight is 347 g/mol. The predicted octanol–water partition coefficient (Wildman–Crippen LogP) is 7.39. The number of unbranched alkanes of at least 4 members (excludes halogenated alkanes) is 7. The van der Waals surface area contributed by atoms with E-state index >= 15 is 0 Å². The molecule has 25 heavy (non-hydrogen) atoms. The fourth-order valence-electron chi connectivity index (χ4n) is 2.45. The average Bonchev–Trinajstić information content (AvgIpc) is 2.60. The summed E-state index contributed by atoms with van der Waals surface area (Å²) in [6, 6.07) is 0. The molecule has 2 nitrogen and oxygen atoms in total. The van der Waals surface area contributed by atoms with Gasteiger partial charge in [-0.05, 0) is 51.4 Å². The summed E-state index contributed by atoms with van der Waals surface area (Å²) in [4.78, 5) is 10.4. The van der Waals surface area contributed by atoms with Crippen molar-refractivity contribution in [3.05, 3.63) is 48.6 Å². The van der Waals surface area contributed by atoms with Crippen molar-refractivity contribution in [2.75, 3.05) is 0 Å². The lowest BCUT2D eigenvalue weighted by molar-refractivity contribution is -0.137. The van der Waals surface area contributed by atoms with Crippen LogP contribution in [0.5, 0.6) is 0 Å². The number of carboxylic acid groups (broad SMARTS) is 1. The molecule has 0 aromatic carbocycles. The van der Waals surface area contributed by atoms with Gasteiger partial charge in [0.1, 0.15) is 0 Å². The maximum Gasteiger partial charge on any atom is 0.303 e. The highest BCUT2D eigenvalue weighted by atomic mass is 16.4. The van der Waals surface area contributed by atoms with Gasteiger partial charge in [-0.1, -0.05) is 81.2 Å². The van der Waals surface area contributed by atoms with Crippen LogP contribution in [0.4, 0.5) is 0 Å². The molecule has 0 saturated heterocycles. The SMILES string of the molecule is CCCCCC=CCC=CCC=CCC=CCCCCCCC(=O)O. The first kappa shape index (κ1) is 23.4. The summed E-state index contributed by atoms with van der Waals surface area (Å²) in [6.07, 6.45) is 31.7. The van der Waals surface area contributed by atoms with Crippen molar-refractivity contribution in [2.45, 2.75) is 90.4 Å². The molecule has 0 aromatic heterocycles. The van der Waals surface area contributed by atoms with Crippen molar-refractivity contribution in [3.63, 3.8) is 0 Å². The lowest BCUT2D eigenvalue weighted by Crippen LogP contribution is -1.93. The first-order valence-electron chi connectivity index (χ1n) is 10.1. The summed E-state index contributed by atoms with van der Waals surface area (Å²) < 4.78 is 0. The Hall–Kier alpha value is -1.57. The highest BCUT2D eigenvalue weighted by Gasteiger charge is 1.95. The summed E-state index contributed by atoms with van der Waals surface area (Å²) in [5, 5.41) is 8.54.